The van der Waals surface area contributed by atoms with Gasteiger partial charge in [-0.3, -0.25) is 24.6 Å². The predicted molar refractivity (Wildman–Crippen MR) is 199 cm³/mol. The molecule has 0 bridgehead atoms. The van der Waals surface area contributed by atoms with Crippen molar-refractivity contribution in [3.8, 4) is 0 Å². The van der Waals surface area contributed by atoms with Gasteiger partial charge in [0.25, 0.3) is 5.69 Å². The van der Waals surface area contributed by atoms with Crippen molar-refractivity contribution in [1.29, 1.82) is 0 Å². The number of aliphatic hydroxyl groups excluding tert-OH is 1. The number of nitro groups is 1. The third kappa shape index (κ3) is 9.70. The maximum Gasteiger partial charge on any atom is 0.269 e. The molecule has 3 atom stereocenters. The molecule has 2 saturated heterocycles. The zero-order valence-electron chi connectivity index (χ0n) is 28.9. The molecule has 4 aromatic rings. The molecule has 0 saturated carbocycles. The van der Waals surface area contributed by atoms with E-state index in [9.17, 15) is 24.8 Å². The third-order valence-electron chi connectivity index (χ3n) is 9.38. The minimum atomic E-state index is -0.635. The molecular weight excluding hydrogens is 664 g/mol. The third-order valence-corrected chi connectivity index (χ3v) is 9.38. The van der Waals surface area contributed by atoms with Crippen LogP contribution in [0.2, 0.25) is 0 Å². The summed E-state index contributed by atoms with van der Waals surface area (Å²) < 4.78 is 13.1. The quantitative estimate of drug-likeness (QED) is 0.0757. The number of aliphatic hydroxyl groups is 1. The molecule has 52 heavy (non-hydrogen) atoms. The largest absolute Gasteiger partial charge is 0.397 e. The first-order valence-electron chi connectivity index (χ1n) is 17.5. The molecular formula is C39H44N6O7. The molecule has 2 fully saturated rings. The lowest BCUT2D eigenvalue weighted by Crippen LogP contribution is -2.49. The number of hydrogen-bond acceptors (Lipinski definition) is 10. The summed E-state index contributed by atoms with van der Waals surface area (Å²) in [6, 6.07) is 28.9. The Kier molecular flexibility index (Phi) is 12.1. The maximum absolute atomic E-state index is 12.6. The van der Waals surface area contributed by atoms with Gasteiger partial charge in [0.15, 0.2) is 6.29 Å². The van der Waals surface area contributed by atoms with Crippen molar-refractivity contribution in [3.05, 3.63) is 124 Å². The SMILES string of the molecule is Nc1ccccc1NC(=O)CCCC(=O)Nc1ccc([C@@H]2O[C@H](CN3CCN(c4ccc([N+](=O)[O-])cc4)CC3)C[C@H](c3ccc(CO)cc3)O2)cc1. The zero-order valence-corrected chi connectivity index (χ0v) is 28.9. The van der Waals surface area contributed by atoms with Crippen molar-refractivity contribution >= 4 is 40.3 Å². The molecule has 2 aliphatic rings. The van der Waals surface area contributed by atoms with Crippen molar-refractivity contribution in [3.63, 3.8) is 0 Å². The van der Waals surface area contributed by atoms with Gasteiger partial charge in [0.1, 0.15) is 0 Å². The Balaban J connectivity index is 1.04. The normalized spacial score (nSPS) is 19.2. The van der Waals surface area contributed by atoms with Crippen molar-refractivity contribution in [2.75, 3.05) is 54.0 Å². The number of benzene rings is 4. The molecule has 2 amide bonds. The molecule has 4 aromatic carbocycles. The van der Waals surface area contributed by atoms with Crippen molar-refractivity contribution in [1.82, 2.24) is 4.90 Å². The van der Waals surface area contributed by atoms with Crippen LogP contribution in [0, 0.1) is 10.1 Å². The standard InChI is InChI=1S/C39H44N6O7/c40-34-4-1-2-5-35(34)42-38(48)7-3-6-37(47)41-30-14-12-29(13-15-30)39-51-33(24-36(52-39)28-10-8-27(26-46)9-11-28)25-43-20-22-44(23-21-43)31-16-18-32(19-17-31)45(49)50/h1-2,4-5,8-19,33,36,39,46H,3,6-7,20-26,40H2,(H,41,47)(H,42,48)/t33-,36+,39+/m0/s1. The second-order valence-electron chi connectivity index (χ2n) is 13.1. The number of amides is 2. The minimum absolute atomic E-state index is 0.0337. The Bertz CT molecular complexity index is 1810. The van der Waals surface area contributed by atoms with Crippen molar-refractivity contribution in [2.45, 2.75) is 50.8 Å². The van der Waals surface area contributed by atoms with E-state index in [1.807, 2.05) is 48.5 Å². The Morgan fingerprint density at radius 2 is 1.48 bits per heavy atom. The van der Waals surface area contributed by atoms with Gasteiger partial charge in [-0.15, -0.1) is 0 Å². The topological polar surface area (TPSA) is 173 Å². The van der Waals surface area contributed by atoms with Gasteiger partial charge < -0.3 is 35.8 Å². The number of carbonyl (C=O) groups excluding carboxylic acids is 2. The number of ether oxygens (including phenoxy) is 2. The molecule has 0 aliphatic carbocycles. The number of nitrogen functional groups attached to an aromatic ring is 1. The summed E-state index contributed by atoms with van der Waals surface area (Å²) >= 11 is 0. The van der Waals surface area contributed by atoms with Crippen LogP contribution < -0.4 is 21.3 Å². The summed E-state index contributed by atoms with van der Waals surface area (Å²) in [7, 11) is 0. The van der Waals surface area contributed by atoms with Gasteiger partial charge >= 0.3 is 0 Å². The first kappa shape index (κ1) is 36.5. The van der Waals surface area contributed by atoms with Crippen LogP contribution in [0.15, 0.2) is 97.1 Å². The number of piperazine rings is 1. The molecule has 13 heteroatoms. The van der Waals surface area contributed by atoms with Crippen LogP contribution in [0.5, 0.6) is 0 Å². The summed E-state index contributed by atoms with van der Waals surface area (Å²) in [5.41, 5.74) is 11.3. The fourth-order valence-corrected chi connectivity index (χ4v) is 6.47. The van der Waals surface area contributed by atoms with Gasteiger partial charge in [-0.1, -0.05) is 48.5 Å². The molecule has 2 aliphatic heterocycles. The lowest BCUT2D eigenvalue weighted by molar-refractivity contribution is -0.384. The highest BCUT2D eigenvalue weighted by Gasteiger charge is 2.34. The summed E-state index contributed by atoms with van der Waals surface area (Å²) in [4.78, 5) is 40.2. The number of hydrogen-bond donors (Lipinski definition) is 4. The Morgan fingerprint density at radius 1 is 0.827 bits per heavy atom. The van der Waals surface area contributed by atoms with Gasteiger partial charge in [-0.05, 0) is 53.9 Å². The lowest BCUT2D eigenvalue weighted by Gasteiger charge is -2.41. The Morgan fingerprint density at radius 3 is 2.13 bits per heavy atom. The maximum atomic E-state index is 12.6. The van der Waals surface area contributed by atoms with Crippen LogP contribution in [0.25, 0.3) is 0 Å². The second-order valence-corrected chi connectivity index (χ2v) is 13.1. The first-order chi connectivity index (χ1) is 25.2. The van der Waals surface area contributed by atoms with Gasteiger partial charge in [-0.25, -0.2) is 0 Å². The van der Waals surface area contributed by atoms with Crippen LogP contribution in [-0.4, -0.2) is 65.6 Å². The summed E-state index contributed by atoms with van der Waals surface area (Å²) in [6.07, 6.45) is 0.439. The highest BCUT2D eigenvalue weighted by atomic mass is 16.7. The fraction of sp³-hybridized carbons (Fsp3) is 0.333. The van der Waals surface area contributed by atoms with E-state index in [-0.39, 0.29) is 54.1 Å². The number of nitrogens with one attached hydrogen (secondary N) is 2. The van der Waals surface area contributed by atoms with Crippen molar-refractivity contribution in [2.24, 2.45) is 0 Å². The number of nitro benzene ring substituents is 1. The molecule has 13 nitrogen and oxygen atoms in total. The first-order valence-corrected chi connectivity index (χ1v) is 17.5. The van der Waals surface area contributed by atoms with E-state index in [0.717, 1.165) is 48.6 Å². The van der Waals surface area contributed by atoms with E-state index in [1.54, 1.807) is 48.5 Å². The summed E-state index contributed by atoms with van der Waals surface area (Å²) in [5, 5.41) is 26.3. The average molecular weight is 709 g/mol. The zero-order chi connectivity index (χ0) is 36.5. The number of rotatable bonds is 13. The number of non-ortho nitro benzene ring substituents is 1. The Hall–Kier alpha value is -5.34. The molecule has 6 rings (SSSR count). The lowest BCUT2D eigenvalue weighted by atomic mass is 9.99. The number of nitrogens with zero attached hydrogens (tertiary/aromatic N) is 3. The van der Waals surface area contributed by atoms with E-state index in [2.05, 4.69) is 20.4 Å². The molecule has 0 spiro atoms. The monoisotopic (exact) mass is 708 g/mol. The van der Waals surface area contributed by atoms with Crippen LogP contribution in [0.1, 0.15) is 54.8 Å². The minimum Gasteiger partial charge on any atom is -0.397 e. The van der Waals surface area contributed by atoms with E-state index in [1.165, 1.54) is 0 Å². The van der Waals surface area contributed by atoms with Crippen LogP contribution in [0.4, 0.5) is 28.4 Å². The molecule has 5 N–H and O–H groups in total. The van der Waals surface area contributed by atoms with E-state index >= 15 is 0 Å². The van der Waals surface area contributed by atoms with Gasteiger partial charge in [0.05, 0.1) is 35.1 Å². The summed E-state index contributed by atoms with van der Waals surface area (Å²) in [6.45, 7) is 3.90. The number of anilines is 4. The van der Waals surface area contributed by atoms with Crippen LogP contribution in [0.3, 0.4) is 0 Å². The summed E-state index contributed by atoms with van der Waals surface area (Å²) in [5.74, 6) is -0.391. The number of para-hydroxylation sites is 2. The smallest absolute Gasteiger partial charge is 0.269 e. The molecule has 0 unspecified atom stereocenters. The second kappa shape index (κ2) is 17.2. The predicted octanol–water partition coefficient (Wildman–Crippen LogP) is 5.78. The van der Waals surface area contributed by atoms with E-state index < -0.39 is 6.29 Å². The highest BCUT2D eigenvalue weighted by molar-refractivity contribution is 5.94. The van der Waals surface area contributed by atoms with Gasteiger partial charge in [0, 0.05) is 81.1 Å². The van der Waals surface area contributed by atoms with Crippen molar-refractivity contribution < 1.29 is 29.1 Å². The molecule has 0 radical (unpaired) electrons. The fourth-order valence-electron chi connectivity index (χ4n) is 6.47. The molecule has 0 aromatic heterocycles. The average Bonchev–Trinajstić information content (AvgIpc) is 3.16. The van der Waals surface area contributed by atoms with Gasteiger partial charge in [0.2, 0.25) is 11.8 Å². The molecule has 2 heterocycles. The van der Waals surface area contributed by atoms with E-state index in [4.69, 9.17) is 15.2 Å². The van der Waals surface area contributed by atoms with Gasteiger partial charge in [-0.2, -0.15) is 0 Å². The number of nitrogens with two attached hydrogens (primary N) is 1. The Labute approximate surface area is 302 Å². The number of carbonyl (C=O) groups is 2. The highest BCUT2D eigenvalue weighted by Crippen LogP contribution is 2.38. The molecule has 272 valence electrons. The van der Waals surface area contributed by atoms with Crippen LogP contribution in [-0.2, 0) is 25.7 Å². The van der Waals surface area contributed by atoms with E-state index in [0.29, 0.717) is 36.4 Å². The van der Waals surface area contributed by atoms with Crippen LogP contribution >= 0.6 is 0 Å².